The molecule has 96 valence electrons. The minimum atomic E-state index is -0.425. The fourth-order valence-electron chi connectivity index (χ4n) is 1.87. The second-order valence-electron chi connectivity index (χ2n) is 3.96. The van der Waals surface area contributed by atoms with Crippen molar-refractivity contribution >= 4 is 0 Å². The van der Waals surface area contributed by atoms with E-state index in [9.17, 15) is 9.50 Å². The minimum Gasteiger partial charge on any atom is -0.391 e. The van der Waals surface area contributed by atoms with Gasteiger partial charge in [-0.3, -0.25) is 0 Å². The molecule has 2 rings (SSSR count). The predicted octanol–water partition coefficient (Wildman–Crippen LogP) is 2.02. The Morgan fingerprint density at radius 2 is 2.06 bits per heavy atom. The van der Waals surface area contributed by atoms with Crippen molar-refractivity contribution in [3.8, 4) is 5.69 Å². The summed E-state index contributed by atoms with van der Waals surface area (Å²) in [5, 5.41) is 13.6. The van der Waals surface area contributed by atoms with Crippen LogP contribution in [0.3, 0.4) is 0 Å². The van der Waals surface area contributed by atoms with Crippen molar-refractivity contribution in [1.29, 1.82) is 0 Å². The summed E-state index contributed by atoms with van der Waals surface area (Å²) in [7, 11) is 0. The van der Waals surface area contributed by atoms with E-state index in [1.807, 2.05) is 13.8 Å². The number of hydrogen-bond acceptors (Lipinski definition) is 3. The number of aryl methyl sites for hydroxylation is 2. The number of aliphatic hydroxyl groups is 1. The molecule has 0 aliphatic heterocycles. The van der Waals surface area contributed by atoms with Crippen LogP contribution in [0.2, 0.25) is 0 Å². The monoisotopic (exact) mass is 249 g/mol. The lowest BCUT2D eigenvalue weighted by atomic mass is 10.1. The van der Waals surface area contributed by atoms with Gasteiger partial charge in [0.15, 0.2) is 5.82 Å². The van der Waals surface area contributed by atoms with E-state index in [0.29, 0.717) is 12.1 Å². The Balaban J connectivity index is 2.60. The molecule has 0 radical (unpaired) electrons. The highest BCUT2D eigenvalue weighted by Crippen LogP contribution is 2.19. The van der Waals surface area contributed by atoms with Crippen molar-refractivity contribution in [3.63, 3.8) is 0 Å². The first-order chi connectivity index (χ1) is 8.71. The largest absolute Gasteiger partial charge is 0.391 e. The van der Waals surface area contributed by atoms with Crippen LogP contribution in [-0.4, -0.2) is 19.9 Å². The zero-order valence-corrected chi connectivity index (χ0v) is 10.5. The van der Waals surface area contributed by atoms with E-state index in [2.05, 4.69) is 10.1 Å². The average Bonchev–Trinajstić information content (AvgIpc) is 2.81. The van der Waals surface area contributed by atoms with Crippen molar-refractivity contribution in [3.05, 3.63) is 41.2 Å². The maximum Gasteiger partial charge on any atom is 0.151 e. The summed E-state index contributed by atoms with van der Waals surface area (Å²) in [4.78, 5) is 4.38. The molecular formula is C13H16FN3O. The predicted molar refractivity (Wildman–Crippen MR) is 66.0 cm³/mol. The fraction of sp³-hybridized carbons (Fsp3) is 0.385. The maximum absolute atomic E-state index is 13.6. The van der Waals surface area contributed by atoms with Gasteiger partial charge in [-0.1, -0.05) is 19.9 Å². The van der Waals surface area contributed by atoms with E-state index in [1.165, 1.54) is 6.07 Å². The van der Waals surface area contributed by atoms with Gasteiger partial charge in [-0.15, -0.1) is 0 Å². The second kappa shape index (κ2) is 5.27. The lowest BCUT2D eigenvalue weighted by molar-refractivity contribution is 0.275. The van der Waals surface area contributed by atoms with Gasteiger partial charge in [0.1, 0.15) is 11.6 Å². The van der Waals surface area contributed by atoms with E-state index in [0.717, 1.165) is 18.1 Å². The molecule has 2 aromatic rings. The van der Waals surface area contributed by atoms with Gasteiger partial charge in [-0.2, -0.15) is 5.10 Å². The van der Waals surface area contributed by atoms with Crippen molar-refractivity contribution in [2.75, 3.05) is 0 Å². The Morgan fingerprint density at radius 1 is 1.28 bits per heavy atom. The van der Waals surface area contributed by atoms with Crippen LogP contribution in [0.5, 0.6) is 0 Å². The molecule has 0 saturated carbocycles. The molecule has 18 heavy (non-hydrogen) atoms. The highest BCUT2D eigenvalue weighted by Gasteiger charge is 2.14. The van der Waals surface area contributed by atoms with Gasteiger partial charge >= 0.3 is 0 Å². The first-order valence-corrected chi connectivity index (χ1v) is 6.04. The number of nitrogens with zero attached hydrogens (tertiary/aromatic N) is 3. The molecule has 0 amide bonds. The number of aliphatic hydroxyl groups excluding tert-OH is 1. The van der Waals surface area contributed by atoms with Gasteiger partial charge < -0.3 is 5.11 Å². The summed E-state index contributed by atoms with van der Waals surface area (Å²) in [6, 6.07) is 4.68. The Bertz CT molecular complexity index is 551. The molecular weight excluding hydrogens is 233 g/mol. The van der Waals surface area contributed by atoms with Crippen LogP contribution in [-0.2, 0) is 19.4 Å². The summed E-state index contributed by atoms with van der Waals surface area (Å²) in [5.41, 5.74) is 0.807. The number of aromatic nitrogens is 3. The molecule has 0 bridgehead atoms. The molecule has 1 heterocycles. The molecule has 5 heteroatoms. The normalized spacial score (nSPS) is 10.9. The topological polar surface area (TPSA) is 50.9 Å². The zero-order valence-electron chi connectivity index (χ0n) is 10.5. The second-order valence-corrected chi connectivity index (χ2v) is 3.96. The third kappa shape index (κ3) is 2.13. The number of benzene rings is 1. The van der Waals surface area contributed by atoms with Crippen LogP contribution in [0.1, 0.15) is 31.1 Å². The summed E-state index contributed by atoms with van der Waals surface area (Å²) in [6.45, 7) is 3.59. The molecule has 4 nitrogen and oxygen atoms in total. The highest BCUT2D eigenvalue weighted by atomic mass is 19.1. The molecule has 0 saturated heterocycles. The molecule has 0 aliphatic rings. The first kappa shape index (κ1) is 12.7. The lowest BCUT2D eigenvalue weighted by Crippen LogP contribution is -2.07. The van der Waals surface area contributed by atoms with Gasteiger partial charge in [0.05, 0.1) is 12.3 Å². The smallest absolute Gasteiger partial charge is 0.151 e. The highest BCUT2D eigenvalue weighted by molar-refractivity contribution is 5.41. The summed E-state index contributed by atoms with van der Waals surface area (Å²) < 4.78 is 15.3. The minimum absolute atomic E-state index is 0.250. The average molecular weight is 249 g/mol. The van der Waals surface area contributed by atoms with Gasteiger partial charge in [0, 0.05) is 18.4 Å². The van der Waals surface area contributed by atoms with Crippen LogP contribution in [0.25, 0.3) is 5.69 Å². The van der Waals surface area contributed by atoms with Gasteiger partial charge in [0.25, 0.3) is 0 Å². The van der Waals surface area contributed by atoms with E-state index in [4.69, 9.17) is 0 Å². The van der Waals surface area contributed by atoms with Crippen molar-refractivity contribution < 1.29 is 9.50 Å². The number of hydrogen-bond donors (Lipinski definition) is 1. The molecule has 0 atom stereocenters. The SMILES string of the molecule is CCc1nc(CC)n(-c2cccc(F)c2CO)n1. The summed E-state index contributed by atoms with van der Waals surface area (Å²) in [6.07, 6.45) is 1.43. The Labute approximate surface area is 105 Å². The first-order valence-electron chi connectivity index (χ1n) is 6.04. The summed E-state index contributed by atoms with van der Waals surface area (Å²) in [5.74, 6) is 1.07. The molecule has 1 aromatic heterocycles. The van der Waals surface area contributed by atoms with Crippen molar-refractivity contribution in [2.24, 2.45) is 0 Å². The molecule has 1 aromatic carbocycles. The van der Waals surface area contributed by atoms with Crippen LogP contribution in [0.4, 0.5) is 4.39 Å². The van der Waals surface area contributed by atoms with E-state index >= 15 is 0 Å². The van der Waals surface area contributed by atoms with E-state index < -0.39 is 5.82 Å². The lowest BCUT2D eigenvalue weighted by Gasteiger charge is -2.09. The molecule has 0 aliphatic carbocycles. The van der Waals surface area contributed by atoms with Gasteiger partial charge in [-0.05, 0) is 12.1 Å². The van der Waals surface area contributed by atoms with E-state index in [-0.39, 0.29) is 12.2 Å². The molecule has 1 N–H and O–H groups in total. The quantitative estimate of drug-likeness (QED) is 0.902. The third-order valence-electron chi connectivity index (χ3n) is 2.83. The Morgan fingerprint density at radius 3 is 2.67 bits per heavy atom. The van der Waals surface area contributed by atoms with Crippen LogP contribution in [0.15, 0.2) is 18.2 Å². The van der Waals surface area contributed by atoms with Crippen LogP contribution < -0.4 is 0 Å². The standard InChI is InChI=1S/C13H16FN3O/c1-3-12-15-13(4-2)17(16-12)11-7-5-6-10(14)9(11)8-18/h5-7,18H,3-4,8H2,1-2H3. The zero-order chi connectivity index (χ0) is 13.1. The third-order valence-corrected chi connectivity index (χ3v) is 2.83. The maximum atomic E-state index is 13.6. The number of rotatable bonds is 4. The number of halogens is 1. The van der Waals surface area contributed by atoms with Crippen molar-refractivity contribution in [2.45, 2.75) is 33.3 Å². The van der Waals surface area contributed by atoms with E-state index in [1.54, 1.807) is 16.8 Å². The van der Waals surface area contributed by atoms with Gasteiger partial charge in [-0.25, -0.2) is 14.1 Å². The molecule has 0 spiro atoms. The molecule has 0 fully saturated rings. The van der Waals surface area contributed by atoms with Crippen LogP contribution in [0, 0.1) is 5.82 Å². The Hall–Kier alpha value is -1.75. The summed E-state index contributed by atoms with van der Waals surface area (Å²) >= 11 is 0. The molecule has 0 unspecified atom stereocenters. The Kier molecular flexibility index (Phi) is 3.72. The van der Waals surface area contributed by atoms with Crippen molar-refractivity contribution in [1.82, 2.24) is 14.8 Å². The van der Waals surface area contributed by atoms with Crippen LogP contribution >= 0.6 is 0 Å². The fourth-order valence-corrected chi connectivity index (χ4v) is 1.87. The van der Waals surface area contributed by atoms with Gasteiger partial charge in [0.2, 0.25) is 0 Å².